The first-order chi connectivity index (χ1) is 9.38. The van der Waals surface area contributed by atoms with Gasteiger partial charge in [0.1, 0.15) is 11.6 Å². The lowest BCUT2D eigenvalue weighted by atomic mass is 10.1. The van der Waals surface area contributed by atoms with Crippen LogP contribution < -0.4 is 5.32 Å². The van der Waals surface area contributed by atoms with Crippen LogP contribution in [-0.4, -0.2) is 0 Å². The van der Waals surface area contributed by atoms with E-state index in [2.05, 4.69) is 5.32 Å². The molecule has 0 saturated heterocycles. The first kappa shape index (κ1) is 14.7. The molecular weight excluding hydrogens is 294 g/mol. The molecule has 6 heteroatoms. The normalized spacial score (nSPS) is 12.3. The van der Waals surface area contributed by atoms with E-state index in [9.17, 15) is 17.6 Å². The van der Waals surface area contributed by atoms with Crippen LogP contribution in [-0.2, 0) is 0 Å². The summed E-state index contributed by atoms with van der Waals surface area (Å²) in [6.45, 7) is 1.63. The smallest absolute Gasteiger partial charge is 0.182 e. The highest BCUT2D eigenvalue weighted by Gasteiger charge is 2.14. The highest BCUT2D eigenvalue weighted by atomic mass is 35.5. The molecule has 20 heavy (non-hydrogen) atoms. The Morgan fingerprint density at radius 2 is 1.70 bits per heavy atom. The van der Waals surface area contributed by atoms with Crippen molar-refractivity contribution in [2.75, 3.05) is 5.32 Å². The summed E-state index contributed by atoms with van der Waals surface area (Å²) in [5.41, 5.74) is 0.246. The van der Waals surface area contributed by atoms with Crippen molar-refractivity contribution in [3.63, 3.8) is 0 Å². The SMILES string of the molecule is CC(Nc1cc(F)cc(F)c1F)c1ccc(F)c(Cl)c1. The Balaban J connectivity index is 2.27. The average Bonchev–Trinajstić information content (AvgIpc) is 2.38. The number of nitrogens with one attached hydrogen (secondary N) is 1. The molecule has 0 saturated carbocycles. The van der Waals surface area contributed by atoms with Crippen molar-refractivity contribution >= 4 is 17.3 Å². The largest absolute Gasteiger partial charge is 0.376 e. The van der Waals surface area contributed by atoms with Gasteiger partial charge in [-0.25, -0.2) is 17.6 Å². The lowest BCUT2D eigenvalue weighted by molar-refractivity contribution is 0.496. The number of halogens is 5. The lowest BCUT2D eigenvalue weighted by Crippen LogP contribution is -2.09. The van der Waals surface area contributed by atoms with Crippen molar-refractivity contribution < 1.29 is 17.6 Å². The topological polar surface area (TPSA) is 12.0 Å². The highest BCUT2D eigenvalue weighted by molar-refractivity contribution is 6.30. The van der Waals surface area contributed by atoms with Gasteiger partial charge >= 0.3 is 0 Å². The van der Waals surface area contributed by atoms with Crippen molar-refractivity contribution in [1.82, 2.24) is 0 Å². The van der Waals surface area contributed by atoms with E-state index in [1.54, 1.807) is 6.92 Å². The zero-order valence-electron chi connectivity index (χ0n) is 10.4. The molecule has 0 radical (unpaired) electrons. The van der Waals surface area contributed by atoms with E-state index in [1.165, 1.54) is 18.2 Å². The average molecular weight is 304 g/mol. The first-order valence-electron chi connectivity index (χ1n) is 5.74. The van der Waals surface area contributed by atoms with E-state index in [4.69, 9.17) is 11.6 Å². The van der Waals surface area contributed by atoms with Crippen LogP contribution in [0, 0.1) is 23.3 Å². The molecule has 0 bridgehead atoms. The van der Waals surface area contributed by atoms with Gasteiger partial charge in [-0.1, -0.05) is 17.7 Å². The lowest BCUT2D eigenvalue weighted by Gasteiger charge is -2.17. The molecule has 1 N–H and O–H groups in total. The van der Waals surface area contributed by atoms with E-state index in [0.717, 1.165) is 6.07 Å². The summed E-state index contributed by atoms with van der Waals surface area (Å²) in [7, 11) is 0. The molecule has 2 rings (SSSR count). The van der Waals surface area contributed by atoms with Crippen LogP contribution in [0.15, 0.2) is 30.3 Å². The van der Waals surface area contributed by atoms with Gasteiger partial charge in [0, 0.05) is 18.2 Å². The number of anilines is 1. The Labute approximate surface area is 118 Å². The summed E-state index contributed by atoms with van der Waals surface area (Å²) in [5, 5.41) is 2.54. The fourth-order valence-electron chi connectivity index (χ4n) is 1.76. The Morgan fingerprint density at radius 1 is 1.00 bits per heavy atom. The van der Waals surface area contributed by atoms with Crippen LogP contribution in [0.3, 0.4) is 0 Å². The Bertz CT molecular complexity index is 645. The van der Waals surface area contributed by atoms with Gasteiger partial charge in [0.15, 0.2) is 11.6 Å². The fraction of sp³-hybridized carbons (Fsp3) is 0.143. The maximum Gasteiger partial charge on any atom is 0.182 e. The number of hydrogen-bond acceptors (Lipinski definition) is 1. The monoisotopic (exact) mass is 303 g/mol. The quantitative estimate of drug-likeness (QED) is 0.616. The maximum absolute atomic E-state index is 13.5. The number of hydrogen-bond donors (Lipinski definition) is 1. The molecule has 0 heterocycles. The van der Waals surface area contributed by atoms with Crippen LogP contribution in [0.25, 0.3) is 0 Å². The molecule has 0 aliphatic heterocycles. The molecule has 1 unspecified atom stereocenters. The molecule has 2 aromatic carbocycles. The summed E-state index contributed by atoms with van der Waals surface area (Å²) in [4.78, 5) is 0. The zero-order chi connectivity index (χ0) is 14.9. The Kier molecular flexibility index (Phi) is 4.18. The minimum Gasteiger partial charge on any atom is -0.376 e. The molecular formula is C14H10ClF4N. The van der Waals surface area contributed by atoms with E-state index in [0.29, 0.717) is 11.6 Å². The molecule has 0 aliphatic carbocycles. The molecule has 1 nitrogen and oxygen atoms in total. The second kappa shape index (κ2) is 5.71. The van der Waals surface area contributed by atoms with Gasteiger partial charge in [0.05, 0.1) is 10.7 Å². The van der Waals surface area contributed by atoms with Gasteiger partial charge in [-0.2, -0.15) is 0 Å². The minimum absolute atomic E-state index is 0.0814. The molecule has 2 aromatic rings. The van der Waals surface area contributed by atoms with Crippen LogP contribution >= 0.6 is 11.6 Å². The summed E-state index contributed by atoms with van der Waals surface area (Å²) >= 11 is 5.65. The minimum atomic E-state index is -1.28. The van der Waals surface area contributed by atoms with Crippen molar-refractivity contribution in [2.24, 2.45) is 0 Å². The molecule has 0 spiro atoms. The zero-order valence-corrected chi connectivity index (χ0v) is 11.1. The predicted molar refractivity (Wildman–Crippen MR) is 69.8 cm³/mol. The third-order valence-corrected chi connectivity index (χ3v) is 3.10. The molecule has 0 amide bonds. The van der Waals surface area contributed by atoms with E-state index in [1.807, 2.05) is 0 Å². The highest BCUT2D eigenvalue weighted by Crippen LogP contribution is 2.26. The molecule has 0 fully saturated rings. The van der Waals surface area contributed by atoms with Gasteiger partial charge in [0.25, 0.3) is 0 Å². The Hall–Kier alpha value is -1.75. The van der Waals surface area contributed by atoms with E-state index in [-0.39, 0.29) is 10.7 Å². The van der Waals surface area contributed by atoms with Crippen LogP contribution in [0.2, 0.25) is 5.02 Å². The maximum atomic E-state index is 13.5. The van der Waals surface area contributed by atoms with Gasteiger partial charge in [0.2, 0.25) is 0 Å². The standard InChI is InChI=1S/C14H10ClF4N/c1-7(8-2-3-11(17)10(15)4-8)20-13-6-9(16)5-12(18)14(13)19/h2-7,20H,1H3. The molecule has 0 aromatic heterocycles. The molecule has 106 valence electrons. The van der Waals surface area contributed by atoms with Gasteiger partial charge in [-0.05, 0) is 24.6 Å². The predicted octanol–water partition coefficient (Wildman–Crippen LogP) is 5.07. The summed E-state index contributed by atoms with van der Waals surface area (Å²) in [6, 6.07) is 4.77. The van der Waals surface area contributed by atoms with Gasteiger partial charge in [-0.3, -0.25) is 0 Å². The third kappa shape index (κ3) is 3.04. The molecule has 0 aliphatic rings. The second-order valence-corrected chi connectivity index (χ2v) is 4.70. The number of benzene rings is 2. The van der Waals surface area contributed by atoms with Gasteiger partial charge in [-0.15, -0.1) is 0 Å². The van der Waals surface area contributed by atoms with Crippen LogP contribution in [0.4, 0.5) is 23.2 Å². The van der Waals surface area contributed by atoms with Crippen LogP contribution in [0.5, 0.6) is 0 Å². The fourth-order valence-corrected chi connectivity index (χ4v) is 1.95. The number of rotatable bonds is 3. The van der Waals surface area contributed by atoms with E-state index < -0.39 is 29.3 Å². The summed E-state index contributed by atoms with van der Waals surface area (Å²) < 4.78 is 52.7. The summed E-state index contributed by atoms with van der Waals surface area (Å²) in [5.74, 6) is -3.93. The molecule has 1 atom stereocenters. The first-order valence-corrected chi connectivity index (χ1v) is 6.12. The second-order valence-electron chi connectivity index (χ2n) is 4.29. The van der Waals surface area contributed by atoms with Crippen molar-refractivity contribution in [1.29, 1.82) is 0 Å². The third-order valence-electron chi connectivity index (χ3n) is 2.81. The van der Waals surface area contributed by atoms with Gasteiger partial charge < -0.3 is 5.32 Å². The summed E-state index contributed by atoms with van der Waals surface area (Å²) in [6.07, 6.45) is 0. The van der Waals surface area contributed by atoms with Crippen molar-refractivity contribution in [2.45, 2.75) is 13.0 Å². The Morgan fingerprint density at radius 3 is 2.35 bits per heavy atom. The van der Waals surface area contributed by atoms with Crippen molar-refractivity contribution in [3.05, 3.63) is 64.2 Å². The van der Waals surface area contributed by atoms with E-state index >= 15 is 0 Å². The van der Waals surface area contributed by atoms with Crippen LogP contribution in [0.1, 0.15) is 18.5 Å². The van der Waals surface area contributed by atoms with Crippen molar-refractivity contribution in [3.8, 4) is 0 Å².